The van der Waals surface area contributed by atoms with Gasteiger partial charge in [-0.25, -0.2) is 9.59 Å². The van der Waals surface area contributed by atoms with Gasteiger partial charge in [0.2, 0.25) is 0 Å². The first-order valence-corrected chi connectivity index (χ1v) is 11.1. The summed E-state index contributed by atoms with van der Waals surface area (Å²) in [5.74, 6) is -1.91. The number of carbonyl (C=O) groups is 3. The summed E-state index contributed by atoms with van der Waals surface area (Å²) in [4.78, 5) is 37.2. The van der Waals surface area contributed by atoms with Crippen LogP contribution in [0.2, 0.25) is 0 Å². The number of carboxylic acids is 1. The number of dihydropyridines is 1. The van der Waals surface area contributed by atoms with Gasteiger partial charge in [-0.05, 0) is 54.1 Å². The lowest BCUT2D eigenvalue weighted by molar-refractivity contribution is -0.140. The van der Waals surface area contributed by atoms with Gasteiger partial charge in [0, 0.05) is 28.3 Å². The number of carbonyl (C=O) groups excluding carboxylic acids is 2. The van der Waals surface area contributed by atoms with Crippen LogP contribution in [0.3, 0.4) is 0 Å². The monoisotopic (exact) mass is 545 g/mol. The molecule has 1 heterocycles. The van der Waals surface area contributed by atoms with E-state index in [-0.39, 0.29) is 12.4 Å². The van der Waals surface area contributed by atoms with Crippen molar-refractivity contribution in [3.8, 4) is 5.75 Å². The van der Waals surface area contributed by atoms with Crippen LogP contribution in [0.25, 0.3) is 5.70 Å². The molecule has 0 saturated carbocycles. The zero-order valence-corrected chi connectivity index (χ0v) is 19.6. The summed E-state index contributed by atoms with van der Waals surface area (Å²) in [5, 5.41) is 12.1. The van der Waals surface area contributed by atoms with Crippen molar-refractivity contribution in [2.45, 2.75) is 19.8 Å². The molecule has 0 saturated heterocycles. The second-order valence-corrected chi connectivity index (χ2v) is 8.52. The Morgan fingerprint density at radius 2 is 1.88 bits per heavy atom. The molecule has 164 valence electrons. The average molecular weight is 545 g/mol. The largest absolute Gasteiger partial charge is 0.481 e. The number of allylic oxidation sites excluding steroid dienone is 2. The fourth-order valence-corrected chi connectivity index (χ4v) is 4.79. The fourth-order valence-electron chi connectivity index (χ4n) is 4.09. The Bertz CT molecular complexity index is 1210. The number of hydrogen-bond acceptors (Lipinski definition) is 6. The van der Waals surface area contributed by atoms with Gasteiger partial charge in [-0.15, -0.1) is 0 Å². The Balaban J connectivity index is 1.84. The van der Waals surface area contributed by atoms with E-state index in [0.29, 0.717) is 37.4 Å². The SMILES string of the molecule is CCOC(=O)C1=C(C)NC2=C(C(=O)c3ccccc32)[C@@H]1c1ccc(OCC(=O)O)c(I)c1. The van der Waals surface area contributed by atoms with Crippen LogP contribution < -0.4 is 10.1 Å². The number of aliphatic carboxylic acids is 1. The molecule has 1 aliphatic carbocycles. The standard InChI is InChI=1S/C24H20INO6/c1-3-31-24(30)19-12(2)26-22-14-6-4-5-7-15(14)23(29)21(22)20(19)13-8-9-17(16(25)10-13)32-11-18(27)28/h4-10,20,26H,3,11H2,1-2H3,(H,27,28)/t20-/m1/s1. The van der Waals surface area contributed by atoms with Gasteiger partial charge in [-0.3, -0.25) is 4.79 Å². The molecule has 32 heavy (non-hydrogen) atoms. The minimum Gasteiger partial charge on any atom is -0.481 e. The Hall–Kier alpha value is -3.14. The molecule has 0 bridgehead atoms. The van der Waals surface area contributed by atoms with Crippen LogP contribution in [0.1, 0.15) is 41.3 Å². The van der Waals surface area contributed by atoms with Crippen molar-refractivity contribution in [1.82, 2.24) is 5.32 Å². The Morgan fingerprint density at radius 3 is 2.53 bits per heavy atom. The Morgan fingerprint density at radius 1 is 1.16 bits per heavy atom. The molecule has 0 radical (unpaired) electrons. The molecular weight excluding hydrogens is 525 g/mol. The number of nitrogens with one attached hydrogen (secondary N) is 1. The molecule has 0 spiro atoms. The highest BCUT2D eigenvalue weighted by molar-refractivity contribution is 14.1. The highest BCUT2D eigenvalue weighted by atomic mass is 127. The average Bonchev–Trinajstić information content (AvgIpc) is 3.04. The number of esters is 1. The van der Waals surface area contributed by atoms with Gasteiger partial charge < -0.3 is 19.9 Å². The molecule has 4 rings (SSSR count). The maximum atomic E-state index is 13.4. The summed E-state index contributed by atoms with van der Waals surface area (Å²) < 4.78 is 11.3. The van der Waals surface area contributed by atoms with E-state index in [9.17, 15) is 14.4 Å². The Kier molecular flexibility index (Phi) is 6.05. The van der Waals surface area contributed by atoms with Gasteiger partial charge in [0.05, 0.1) is 21.4 Å². The summed E-state index contributed by atoms with van der Waals surface area (Å²) in [7, 11) is 0. The molecule has 2 aliphatic rings. The smallest absolute Gasteiger partial charge is 0.341 e. The summed E-state index contributed by atoms with van der Waals surface area (Å²) >= 11 is 2.05. The van der Waals surface area contributed by atoms with Gasteiger partial charge in [0.25, 0.3) is 0 Å². The third kappa shape index (κ3) is 3.79. The molecule has 2 aromatic rings. The lowest BCUT2D eigenvalue weighted by atomic mass is 9.80. The van der Waals surface area contributed by atoms with Crippen molar-refractivity contribution in [3.05, 3.63) is 79.6 Å². The molecule has 1 atom stereocenters. The third-order valence-electron chi connectivity index (χ3n) is 5.38. The quantitative estimate of drug-likeness (QED) is 0.420. The van der Waals surface area contributed by atoms with Crippen LogP contribution in [0.15, 0.2) is 59.3 Å². The first kappa shape index (κ1) is 22.1. The minimum absolute atomic E-state index is 0.136. The molecule has 0 fully saturated rings. The third-order valence-corrected chi connectivity index (χ3v) is 6.23. The summed E-state index contributed by atoms with van der Waals surface area (Å²) in [6, 6.07) is 12.6. The lowest BCUT2D eigenvalue weighted by Gasteiger charge is -2.29. The number of carboxylic acid groups (broad SMARTS) is 1. The van der Waals surface area contributed by atoms with E-state index < -0.39 is 24.5 Å². The Labute approximate surface area is 198 Å². The highest BCUT2D eigenvalue weighted by Crippen LogP contribution is 2.47. The maximum absolute atomic E-state index is 13.4. The van der Waals surface area contributed by atoms with Crippen LogP contribution in [-0.2, 0) is 14.3 Å². The number of Topliss-reactive ketones (excluding diaryl/α,β-unsaturated/α-hetero) is 1. The predicted molar refractivity (Wildman–Crippen MR) is 125 cm³/mol. The molecular formula is C24H20INO6. The van der Waals surface area contributed by atoms with Crippen molar-refractivity contribution >= 4 is 46.0 Å². The predicted octanol–water partition coefficient (Wildman–Crippen LogP) is 3.89. The second kappa shape index (κ2) is 8.78. The van der Waals surface area contributed by atoms with Crippen LogP contribution >= 0.6 is 22.6 Å². The number of hydrogen-bond donors (Lipinski definition) is 2. The summed E-state index contributed by atoms with van der Waals surface area (Å²) in [6.45, 7) is 3.28. The van der Waals surface area contributed by atoms with Crippen molar-refractivity contribution in [1.29, 1.82) is 0 Å². The number of fused-ring (bicyclic) bond motifs is 2. The topological polar surface area (TPSA) is 102 Å². The van der Waals surface area contributed by atoms with E-state index in [1.807, 2.05) is 18.2 Å². The van der Waals surface area contributed by atoms with E-state index in [0.717, 1.165) is 11.1 Å². The number of ketones is 1. The highest BCUT2D eigenvalue weighted by Gasteiger charge is 2.43. The van der Waals surface area contributed by atoms with Gasteiger partial charge >= 0.3 is 11.9 Å². The van der Waals surface area contributed by atoms with Gasteiger partial charge in [-0.2, -0.15) is 0 Å². The van der Waals surface area contributed by atoms with E-state index in [2.05, 4.69) is 27.9 Å². The zero-order valence-electron chi connectivity index (χ0n) is 17.4. The van der Waals surface area contributed by atoms with Crippen LogP contribution in [0, 0.1) is 3.57 Å². The maximum Gasteiger partial charge on any atom is 0.341 e. The van der Waals surface area contributed by atoms with E-state index in [1.54, 1.807) is 38.1 Å². The normalized spacial score (nSPS) is 17.0. The number of benzene rings is 2. The molecule has 0 unspecified atom stereocenters. The van der Waals surface area contributed by atoms with E-state index >= 15 is 0 Å². The lowest BCUT2D eigenvalue weighted by Crippen LogP contribution is -2.29. The van der Waals surface area contributed by atoms with Crippen LogP contribution in [-0.4, -0.2) is 36.0 Å². The zero-order chi connectivity index (χ0) is 23.0. The molecule has 0 amide bonds. The van der Waals surface area contributed by atoms with Gasteiger partial charge in [-0.1, -0.05) is 30.3 Å². The van der Waals surface area contributed by atoms with Crippen LogP contribution in [0.4, 0.5) is 0 Å². The molecule has 7 nitrogen and oxygen atoms in total. The second-order valence-electron chi connectivity index (χ2n) is 7.35. The van der Waals surface area contributed by atoms with Gasteiger partial charge in [0.15, 0.2) is 12.4 Å². The molecule has 2 aromatic carbocycles. The number of halogens is 1. The number of rotatable bonds is 6. The van der Waals surface area contributed by atoms with Crippen molar-refractivity contribution in [2.75, 3.05) is 13.2 Å². The molecule has 8 heteroatoms. The van der Waals surface area contributed by atoms with Crippen molar-refractivity contribution in [3.63, 3.8) is 0 Å². The minimum atomic E-state index is -1.07. The fraction of sp³-hybridized carbons (Fsp3) is 0.208. The molecule has 0 aromatic heterocycles. The van der Waals surface area contributed by atoms with E-state index in [4.69, 9.17) is 14.6 Å². The first-order chi connectivity index (χ1) is 15.3. The van der Waals surface area contributed by atoms with E-state index in [1.165, 1.54) is 0 Å². The van der Waals surface area contributed by atoms with Crippen molar-refractivity contribution in [2.24, 2.45) is 0 Å². The molecule has 2 N–H and O–H groups in total. The summed E-state index contributed by atoms with van der Waals surface area (Å²) in [5.41, 5.74) is 4.30. The van der Waals surface area contributed by atoms with Gasteiger partial charge in [0.1, 0.15) is 5.75 Å². The summed E-state index contributed by atoms with van der Waals surface area (Å²) in [6.07, 6.45) is 0. The van der Waals surface area contributed by atoms with Crippen LogP contribution in [0.5, 0.6) is 5.75 Å². The first-order valence-electron chi connectivity index (χ1n) is 10.0. The van der Waals surface area contributed by atoms with Crippen molar-refractivity contribution < 1.29 is 29.0 Å². The number of ether oxygens (including phenoxy) is 2. The molecule has 1 aliphatic heterocycles.